The Morgan fingerprint density at radius 1 is 1.13 bits per heavy atom. The molecule has 0 bridgehead atoms. The van der Waals surface area contributed by atoms with Gasteiger partial charge in [0.25, 0.3) is 5.91 Å². The molecular weight excluding hydrogens is 404 g/mol. The van der Waals surface area contributed by atoms with Gasteiger partial charge in [0.1, 0.15) is 17.2 Å². The number of esters is 1. The maximum Gasteiger partial charge on any atom is 0.349 e. The fraction of sp³-hybridized carbons (Fsp3) is 0.136. The van der Waals surface area contributed by atoms with Crippen LogP contribution in [0.2, 0.25) is 0 Å². The summed E-state index contributed by atoms with van der Waals surface area (Å²) in [5, 5.41) is 2.64. The van der Waals surface area contributed by atoms with Gasteiger partial charge in [0.15, 0.2) is 6.10 Å². The van der Waals surface area contributed by atoms with Gasteiger partial charge in [0, 0.05) is 27.3 Å². The summed E-state index contributed by atoms with van der Waals surface area (Å²) in [5.41, 5.74) is 7.85. The van der Waals surface area contributed by atoms with E-state index in [1.54, 1.807) is 18.2 Å². The predicted octanol–water partition coefficient (Wildman–Crippen LogP) is 3.59. The first kappa shape index (κ1) is 19.7. The number of anilines is 1. The topological polar surface area (TPSA) is 108 Å². The summed E-state index contributed by atoms with van der Waals surface area (Å²) in [6, 6.07) is 15.5. The molecular formula is C22H18N2O5S. The fourth-order valence-electron chi connectivity index (χ4n) is 3.03. The van der Waals surface area contributed by atoms with Gasteiger partial charge in [-0.1, -0.05) is 12.1 Å². The minimum absolute atomic E-state index is 0.333. The Kier molecular flexibility index (Phi) is 5.24. The fourth-order valence-corrected chi connectivity index (χ4v) is 4.11. The number of carbonyl (C=O) groups is 3. The zero-order valence-corrected chi connectivity index (χ0v) is 16.8. The summed E-state index contributed by atoms with van der Waals surface area (Å²) in [5.74, 6) is -0.826. The number of hydrogen-bond donors (Lipinski definition) is 2. The molecule has 1 aromatic heterocycles. The van der Waals surface area contributed by atoms with E-state index in [0.29, 0.717) is 22.7 Å². The van der Waals surface area contributed by atoms with Gasteiger partial charge >= 0.3 is 5.97 Å². The molecule has 2 heterocycles. The maximum absolute atomic E-state index is 12.6. The Morgan fingerprint density at radius 3 is 2.60 bits per heavy atom. The van der Waals surface area contributed by atoms with Gasteiger partial charge in [-0.25, -0.2) is 4.79 Å². The van der Waals surface area contributed by atoms with Crippen LogP contribution in [-0.2, 0) is 16.1 Å². The second kappa shape index (κ2) is 8.00. The molecule has 0 radical (unpaired) electrons. The third kappa shape index (κ3) is 3.90. The van der Waals surface area contributed by atoms with Crippen molar-refractivity contribution in [2.75, 3.05) is 5.32 Å². The van der Waals surface area contributed by atoms with Crippen molar-refractivity contribution >= 4 is 34.8 Å². The molecule has 0 fully saturated rings. The number of thiophene rings is 1. The Morgan fingerprint density at radius 2 is 1.87 bits per heavy atom. The highest BCUT2D eigenvalue weighted by Crippen LogP contribution is 2.42. The number of benzene rings is 2. The summed E-state index contributed by atoms with van der Waals surface area (Å²) in [6.45, 7) is 1.88. The number of nitrogens with one attached hydrogen (secondary N) is 1. The molecule has 1 aliphatic heterocycles. The average molecular weight is 422 g/mol. The molecule has 4 rings (SSSR count). The van der Waals surface area contributed by atoms with Crippen molar-refractivity contribution < 1.29 is 23.9 Å². The van der Waals surface area contributed by atoms with E-state index in [1.807, 2.05) is 24.3 Å². The quantitative estimate of drug-likeness (QED) is 0.611. The predicted molar refractivity (Wildman–Crippen MR) is 113 cm³/mol. The zero-order valence-electron chi connectivity index (χ0n) is 16.0. The van der Waals surface area contributed by atoms with Crippen LogP contribution in [0.3, 0.4) is 0 Å². The highest BCUT2D eigenvalue weighted by atomic mass is 32.1. The summed E-state index contributed by atoms with van der Waals surface area (Å²) in [7, 11) is 0. The third-order valence-electron chi connectivity index (χ3n) is 4.62. The summed E-state index contributed by atoms with van der Waals surface area (Å²) >= 11 is 1.32. The molecule has 1 atom stereocenters. The summed E-state index contributed by atoms with van der Waals surface area (Å²) in [6.07, 6.45) is -1.00. The molecule has 0 aliphatic carbocycles. The van der Waals surface area contributed by atoms with E-state index in [4.69, 9.17) is 15.2 Å². The standard InChI is InChI=1S/C22H18N2O5S/c1-12(21(26)24-15-8-6-13(7-9-15)20(23)25)29-22(27)18-10-14-11-28-17-5-3-2-4-16(17)19(14)30-18/h2-10,12H,11H2,1H3,(H2,23,25)(H,24,26). The van der Waals surface area contributed by atoms with Crippen molar-refractivity contribution in [2.24, 2.45) is 5.73 Å². The van der Waals surface area contributed by atoms with Gasteiger partial charge in [-0.05, 0) is 49.4 Å². The number of rotatable bonds is 5. The van der Waals surface area contributed by atoms with Gasteiger partial charge in [0.05, 0.1) is 0 Å². The number of nitrogens with two attached hydrogens (primary N) is 1. The van der Waals surface area contributed by atoms with Crippen LogP contribution in [0.5, 0.6) is 5.75 Å². The molecule has 30 heavy (non-hydrogen) atoms. The molecule has 3 aromatic rings. The largest absolute Gasteiger partial charge is 0.488 e. The van der Waals surface area contributed by atoms with Crippen LogP contribution in [0.4, 0.5) is 5.69 Å². The number of hydrogen-bond acceptors (Lipinski definition) is 6. The second-order valence-corrected chi connectivity index (χ2v) is 7.78. The Balaban J connectivity index is 1.42. The summed E-state index contributed by atoms with van der Waals surface area (Å²) < 4.78 is 11.1. The van der Waals surface area contributed by atoms with Crippen LogP contribution in [0.15, 0.2) is 54.6 Å². The third-order valence-corrected chi connectivity index (χ3v) is 5.81. The minimum atomic E-state index is -1.00. The highest BCUT2D eigenvalue weighted by Gasteiger charge is 2.25. The molecule has 0 spiro atoms. The molecule has 7 nitrogen and oxygen atoms in total. The Labute approximate surface area is 176 Å². The normalized spacial score (nSPS) is 12.7. The van der Waals surface area contributed by atoms with Crippen LogP contribution < -0.4 is 15.8 Å². The van der Waals surface area contributed by atoms with Crippen LogP contribution in [0.1, 0.15) is 32.5 Å². The van der Waals surface area contributed by atoms with Crippen molar-refractivity contribution in [1.82, 2.24) is 0 Å². The SMILES string of the molecule is CC(OC(=O)c1cc2c(s1)-c1ccccc1OC2)C(=O)Nc1ccc(C(N)=O)cc1. The number of para-hydroxylation sites is 1. The first-order valence-electron chi connectivity index (χ1n) is 9.19. The minimum Gasteiger partial charge on any atom is -0.488 e. The molecule has 2 aromatic carbocycles. The lowest BCUT2D eigenvalue weighted by atomic mass is 10.1. The molecule has 1 unspecified atom stereocenters. The number of amides is 2. The average Bonchev–Trinajstić information content (AvgIpc) is 3.19. The van der Waals surface area contributed by atoms with Crippen LogP contribution in [0, 0.1) is 0 Å². The van der Waals surface area contributed by atoms with Gasteiger partial charge in [-0.2, -0.15) is 0 Å². The van der Waals surface area contributed by atoms with Crippen LogP contribution in [-0.4, -0.2) is 23.9 Å². The van der Waals surface area contributed by atoms with Crippen molar-refractivity contribution in [1.29, 1.82) is 0 Å². The number of primary amides is 1. The van der Waals surface area contributed by atoms with Gasteiger partial charge in [-0.15, -0.1) is 11.3 Å². The molecule has 1 aliphatic rings. The molecule has 0 saturated heterocycles. The van der Waals surface area contributed by atoms with Crippen LogP contribution >= 0.6 is 11.3 Å². The number of fused-ring (bicyclic) bond motifs is 3. The van der Waals surface area contributed by atoms with E-state index in [-0.39, 0.29) is 0 Å². The number of carbonyl (C=O) groups excluding carboxylic acids is 3. The second-order valence-electron chi connectivity index (χ2n) is 6.73. The molecule has 8 heteroatoms. The first-order valence-corrected chi connectivity index (χ1v) is 10.0. The first-order chi connectivity index (χ1) is 14.4. The highest BCUT2D eigenvalue weighted by molar-refractivity contribution is 7.17. The van der Waals surface area contributed by atoms with E-state index in [0.717, 1.165) is 21.8 Å². The smallest absolute Gasteiger partial charge is 0.349 e. The molecule has 3 N–H and O–H groups in total. The molecule has 0 saturated carbocycles. The van der Waals surface area contributed by atoms with E-state index in [2.05, 4.69) is 5.32 Å². The van der Waals surface area contributed by atoms with Gasteiger partial charge in [-0.3, -0.25) is 9.59 Å². The maximum atomic E-state index is 12.6. The van der Waals surface area contributed by atoms with E-state index in [1.165, 1.54) is 30.4 Å². The van der Waals surface area contributed by atoms with E-state index >= 15 is 0 Å². The van der Waals surface area contributed by atoms with Crippen LogP contribution in [0.25, 0.3) is 10.4 Å². The van der Waals surface area contributed by atoms with Crippen molar-refractivity contribution in [2.45, 2.75) is 19.6 Å². The van der Waals surface area contributed by atoms with Crippen molar-refractivity contribution in [3.63, 3.8) is 0 Å². The monoisotopic (exact) mass is 422 g/mol. The summed E-state index contributed by atoms with van der Waals surface area (Å²) in [4.78, 5) is 37.4. The van der Waals surface area contributed by atoms with Crippen molar-refractivity contribution in [3.05, 3.63) is 70.6 Å². The lowest BCUT2D eigenvalue weighted by molar-refractivity contribution is -0.123. The lowest BCUT2D eigenvalue weighted by Crippen LogP contribution is -2.29. The van der Waals surface area contributed by atoms with Crippen molar-refractivity contribution in [3.8, 4) is 16.2 Å². The van der Waals surface area contributed by atoms with Gasteiger partial charge in [0.2, 0.25) is 5.91 Å². The number of ether oxygens (including phenoxy) is 2. The molecule has 2 amide bonds. The van der Waals surface area contributed by atoms with E-state index in [9.17, 15) is 14.4 Å². The molecule has 152 valence electrons. The Bertz CT molecular complexity index is 1140. The Hall–Kier alpha value is -3.65. The van der Waals surface area contributed by atoms with Gasteiger partial charge < -0.3 is 20.5 Å². The van der Waals surface area contributed by atoms with E-state index < -0.39 is 23.9 Å². The zero-order chi connectivity index (χ0) is 21.3. The lowest BCUT2D eigenvalue weighted by Gasteiger charge is -2.16.